The monoisotopic (exact) mass is 965 g/mol. The summed E-state index contributed by atoms with van der Waals surface area (Å²) in [5, 5.41) is 27.6. The number of nitrogens with zero attached hydrogens (tertiary/aromatic N) is 5. The van der Waals surface area contributed by atoms with Gasteiger partial charge in [-0.1, -0.05) is 96.5 Å². The second-order valence-electron chi connectivity index (χ2n) is 15.5. The molecule has 8 rings (SSSR count). The summed E-state index contributed by atoms with van der Waals surface area (Å²) in [7, 11) is 0. The third-order valence-corrected chi connectivity index (χ3v) is 10.8. The van der Waals surface area contributed by atoms with Crippen molar-refractivity contribution in [3.05, 3.63) is 161 Å². The van der Waals surface area contributed by atoms with Crippen LogP contribution in [-0.2, 0) is 21.9 Å². The van der Waals surface area contributed by atoms with Crippen molar-refractivity contribution < 1.29 is 50.5 Å². The van der Waals surface area contributed by atoms with E-state index in [0.29, 0.717) is 52.3 Å². The fourth-order valence-corrected chi connectivity index (χ4v) is 7.06. The van der Waals surface area contributed by atoms with Crippen LogP contribution in [0.4, 0.5) is 30.7 Å². The van der Waals surface area contributed by atoms with Crippen molar-refractivity contribution in [2.45, 2.75) is 131 Å². The highest BCUT2D eigenvalue weighted by Gasteiger charge is 2.33. The molecule has 1 saturated carbocycles. The van der Waals surface area contributed by atoms with Crippen LogP contribution in [0, 0.1) is 19.7 Å². The molecule has 69 heavy (non-hydrogen) atoms. The number of ketones is 2. The second kappa shape index (κ2) is 27.1. The molecule has 0 radical (unpaired) electrons. The van der Waals surface area contributed by atoms with Crippen LogP contribution in [-0.4, -0.2) is 46.0 Å². The highest BCUT2D eigenvalue weighted by molar-refractivity contribution is 5.83. The number of halogens is 7. The highest BCUT2D eigenvalue weighted by atomic mass is 19.4. The molecule has 5 heterocycles. The third-order valence-electron chi connectivity index (χ3n) is 10.8. The molecular weight excluding hydrogens is 904 g/mol. The van der Waals surface area contributed by atoms with E-state index in [9.17, 15) is 50.5 Å². The normalized spacial score (nSPS) is 13.0. The van der Waals surface area contributed by atoms with Crippen LogP contribution in [0.5, 0.6) is 0 Å². The van der Waals surface area contributed by atoms with Gasteiger partial charge in [-0.05, 0) is 92.3 Å². The number of aryl methyl sites for hydroxylation is 2. The maximum absolute atomic E-state index is 13.0. The Morgan fingerprint density at radius 3 is 1.64 bits per heavy atom. The predicted molar refractivity (Wildman–Crippen MR) is 255 cm³/mol. The molecule has 7 aromatic rings. The Hall–Kier alpha value is -6.26. The molecule has 2 aromatic carbocycles. The van der Waals surface area contributed by atoms with Gasteiger partial charge in [0.05, 0.1) is 45.3 Å². The number of rotatable bonds is 10. The van der Waals surface area contributed by atoms with Crippen LogP contribution < -0.4 is 0 Å². The van der Waals surface area contributed by atoms with Crippen molar-refractivity contribution in [3.63, 3.8) is 0 Å². The number of alkyl halides is 6. The van der Waals surface area contributed by atoms with Gasteiger partial charge in [0.15, 0.2) is 0 Å². The Labute approximate surface area is 399 Å². The number of aliphatic hydroxyl groups is 2. The van der Waals surface area contributed by atoms with Crippen molar-refractivity contribution >= 4 is 22.6 Å². The van der Waals surface area contributed by atoms with Gasteiger partial charge in [0, 0.05) is 55.4 Å². The first-order chi connectivity index (χ1) is 32.8. The number of Topliss-reactive ketones (excluding diaryl/α,β-unsaturated/α-hetero) is 2. The number of hydrogen-bond donors (Lipinski definition) is 2. The highest BCUT2D eigenvalue weighted by Crippen LogP contribution is 2.41. The molecule has 1 aliphatic rings. The standard InChI is InChI=1S/C15H10F4N2.C13H13F3N2.C11H14O2.C10H13NO2.2C2H6/c1-9-14(10-2-4-12(16)5-3-10)13-8-11(15(17,18)19)6-7-21(13)20-9;1-8-12(9-3-2-4-9)11-7-10(13(14,15)16)5-6-18(11)17-8;1-2-10(12)8-11(13)9-6-4-3-5-7-9;1-2-8(12)7-10(13)9-5-3-4-6-11-9;2*1-2/h2-8H,1H3;5-7,9H,2-4H2,1H3;3-7,11,13H,2,8H2,1H3;3-6,10,13H,2,7H2,1H3;2*1-2H3. The van der Waals surface area contributed by atoms with E-state index in [0.717, 1.165) is 54.3 Å². The average Bonchev–Trinajstić information content (AvgIpc) is 3.84. The zero-order chi connectivity index (χ0) is 51.5. The van der Waals surface area contributed by atoms with E-state index in [4.69, 9.17) is 0 Å². The fraction of sp³-hybridized carbons (Fsp3) is 0.377. The first-order valence-electron chi connectivity index (χ1n) is 23.0. The van der Waals surface area contributed by atoms with Gasteiger partial charge in [-0.3, -0.25) is 14.6 Å². The molecule has 2 N–H and O–H groups in total. The Bertz CT molecular complexity index is 2580. The van der Waals surface area contributed by atoms with Crippen LogP contribution in [0.3, 0.4) is 0 Å². The Morgan fingerprint density at radius 2 is 1.16 bits per heavy atom. The van der Waals surface area contributed by atoms with Gasteiger partial charge < -0.3 is 10.2 Å². The van der Waals surface area contributed by atoms with E-state index >= 15 is 0 Å². The molecule has 0 saturated heterocycles. The molecule has 16 heteroatoms. The molecule has 0 spiro atoms. The minimum atomic E-state index is -4.42. The lowest BCUT2D eigenvalue weighted by Gasteiger charge is -2.25. The van der Waals surface area contributed by atoms with Crippen molar-refractivity contribution in [3.8, 4) is 11.1 Å². The summed E-state index contributed by atoms with van der Waals surface area (Å²) >= 11 is 0. The van der Waals surface area contributed by atoms with E-state index in [1.54, 1.807) is 49.7 Å². The molecule has 9 nitrogen and oxygen atoms in total. The van der Waals surface area contributed by atoms with E-state index in [1.807, 2.05) is 65.0 Å². The van der Waals surface area contributed by atoms with Gasteiger partial charge in [-0.25, -0.2) is 13.4 Å². The fourth-order valence-electron chi connectivity index (χ4n) is 7.06. The van der Waals surface area contributed by atoms with Crippen molar-refractivity contribution in [1.82, 2.24) is 24.2 Å². The minimum Gasteiger partial charge on any atom is -0.388 e. The lowest BCUT2D eigenvalue weighted by atomic mass is 9.79. The lowest BCUT2D eigenvalue weighted by Crippen LogP contribution is -2.10. The van der Waals surface area contributed by atoms with Crippen LogP contribution in [0.15, 0.2) is 116 Å². The van der Waals surface area contributed by atoms with E-state index in [-0.39, 0.29) is 24.4 Å². The Morgan fingerprint density at radius 1 is 0.667 bits per heavy atom. The summed E-state index contributed by atoms with van der Waals surface area (Å²) in [6.07, 6.45) is -1.24. The Balaban J connectivity index is 0.000000242. The quantitative estimate of drug-likeness (QED) is 0.131. The largest absolute Gasteiger partial charge is 0.416 e. The van der Waals surface area contributed by atoms with Gasteiger partial charge in [0.2, 0.25) is 0 Å². The van der Waals surface area contributed by atoms with Crippen molar-refractivity contribution in [1.29, 1.82) is 0 Å². The van der Waals surface area contributed by atoms with E-state index < -0.39 is 41.5 Å². The molecule has 2 atom stereocenters. The first kappa shape index (κ1) is 57.1. The van der Waals surface area contributed by atoms with Crippen LogP contribution in [0.25, 0.3) is 22.2 Å². The maximum Gasteiger partial charge on any atom is 0.416 e. The number of hydrogen-bond acceptors (Lipinski definition) is 7. The molecule has 372 valence electrons. The van der Waals surface area contributed by atoms with Gasteiger partial charge in [-0.15, -0.1) is 0 Å². The third kappa shape index (κ3) is 16.4. The molecule has 2 unspecified atom stereocenters. The molecular formula is C53H62F7N5O4. The molecule has 1 aliphatic carbocycles. The average molecular weight is 966 g/mol. The number of aliphatic hydroxyl groups excluding tert-OH is 2. The van der Waals surface area contributed by atoms with E-state index in [1.165, 1.54) is 47.2 Å². The summed E-state index contributed by atoms with van der Waals surface area (Å²) in [5.74, 6) is 0.129. The summed E-state index contributed by atoms with van der Waals surface area (Å²) in [6.45, 7) is 15.2. The Kier molecular flexibility index (Phi) is 22.4. The minimum absolute atomic E-state index is 0.0538. The molecule has 5 aromatic heterocycles. The summed E-state index contributed by atoms with van der Waals surface area (Å²) < 4.78 is 92.6. The molecule has 0 amide bonds. The van der Waals surface area contributed by atoms with Crippen LogP contribution in [0.1, 0.15) is 144 Å². The molecule has 0 aliphatic heterocycles. The zero-order valence-corrected chi connectivity index (χ0v) is 40.2. The topological polar surface area (TPSA) is 122 Å². The van der Waals surface area contributed by atoms with Crippen LogP contribution in [0.2, 0.25) is 0 Å². The number of aromatic nitrogens is 5. The number of benzene rings is 2. The SMILES string of the molecule is CC.CC.CCC(=O)CC(O)c1ccccc1.CCC(=O)CC(O)c1ccccn1.Cc1nn2ccc(C(F)(F)F)cc2c1-c1ccc(F)cc1.Cc1nn2ccc(C(F)(F)F)cc2c1C1CCC1. The smallest absolute Gasteiger partial charge is 0.388 e. The van der Waals surface area contributed by atoms with Gasteiger partial charge in [-0.2, -0.15) is 36.5 Å². The van der Waals surface area contributed by atoms with E-state index in [2.05, 4.69) is 15.2 Å². The summed E-state index contributed by atoms with van der Waals surface area (Å²) in [4.78, 5) is 26.0. The van der Waals surface area contributed by atoms with Gasteiger partial charge in [0.1, 0.15) is 23.5 Å². The van der Waals surface area contributed by atoms with Crippen molar-refractivity contribution in [2.24, 2.45) is 0 Å². The van der Waals surface area contributed by atoms with Gasteiger partial charge in [0.25, 0.3) is 0 Å². The second-order valence-corrected chi connectivity index (χ2v) is 15.5. The lowest BCUT2D eigenvalue weighted by molar-refractivity contribution is -0.138. The molecule has 1 fully saturated rings. The summed E-state index contributed by atoms with van der Waals surface area (Å²) in [5.41, 5.74) is 4.60. The number of pyridine rings is 3. The first-order valence-corrected chi connectivity index (χ1v) is 23.0. The maximum atomic E-state index is 13.0. The number of carbonyl (C=O) groups is 2. The predicted octanol–water partition coefficient (Wildman–Crippen LogP) is 14.0. The number of carbonyl (C=O) groups excluding carboxylic acids is 2. The molecule has 0 bridgehead atoms. The van der Waals surface area contributed by atoms with Gasteiger partial charge >= 0.3 is 12.4 Å². The number of fused-ring (bicyclic) bond motifs is 2. The van der Waals surface area contributed by atoms with Crippen molar-refractivity contribution in [2.75, 3.05) is 0 Å². The summed E-state index contributed by atoms with van der Waals surface area (Å²) in [6, 6.07) is 24.5. The zero-order valence-electron chi connectivity index (χ0n) is 40.2. The van der Waals surface area contributed by atoms with Crippen LogP contribution >= 0.6 is 0 Å².